The molecule has 0 fully saturated rings. The maximum absolute atomic E-state index is 12.5. The maximum atomic E-state index is 12.5. The number of nitrogens with zero attached hydrogens (tertiary/aromatic N) is 3. The monoisotopic (exact) mass is 467 g/mol. The second-order valence-corrected chi connectivity index (χ2v) is 8.54. The van der Waals surface area contributed by atoms with E-state index in [1.165, 1.54) is 11.8 Å². The first kappa shape index (κ1) is 24.3. The number of anilines is 1. The smallest absolute Gasteiger partial charge is 0.234 e. The van der Waals surface area contributed by atoms with E-state index in [2.05, 4.69) is 20.8 Å². The van der Waals surface area contributed by atoms with Gasteiger partial charge in [-0.1, -0.05) is 41.6 Å². The number of hydrogen-bond acceptors (Lipinski definition) is 6. The minimum Gasteiger partial charge on any atom is -0.497 e. The van der Waals surface area contributed by atoms with Gasteiger partial charge >= 0.3 is 0 Å². The standard InChI is InChI=1S/C24H29N5O3S/c1-5-29-23(17(3)25-21(30)14-18-8-12-20(32-4)13-9-18)27-28-24(29)33-15-22(31)26-19-10-6-16(2)7-11-19/h6-13,17H,5,14-15H2,1-4H3,(H,25,30)(H,26,31)/t17-/m0/s1. The molecule has 1 heterocycles. The number of rotatable bonds is 10. The summed E-state index contributed by atoms with van der Waals surface area (Å²) in [4.78, 5) is 24.8. The lowest BCUT2D eigenvalue weighted by Gasteiger charge is -2.15. The second-order valence-electron chi connectivity index (χ2n) is 7.60. The molecule has 0 saturated carbocycles. The number of amides is 2. The third-order valence-electron chi connectivity index (χ3n) is 5.02. The lowest BCUT2D eigenvalue weighted by atomic mass is 10.1. The van der Waals surface area contributed by atoms with Crippen molar-refractivity contribution < 1.29 is 14.3 Å². The molecule has 3 aromatic rings. The highest BCUT2D eigenvalue weighted by Crippen LogP contribution is 2.21. The number of thioether (sulfide) groups is 1. The normalized spacial score (nSPS) is 11.6. The Balaban J connectivity index is 1.56. The molecule has 2 amide bonds. The molecule has 0 aliphatic carbocycles. The van der Waals surface area contributed by atoms with Crippen molar-refractivity contribution in [2.45, 2.75) is 44.9 Å². The molecular weight excluding hydrogens is 438 g/mol. The molecule has 0 bridgehead atoms. The number of aryl methyl sites for hydroxylation is 1. The van der Waals surface area contributed by atoms with Crippen LogP contribution >= 0.6 is 11.8 Å². The van der Waals surface area contributed by atoms with Gasteiger partial charge in [-0.25, -0.2) is 0 Å². The van der Waals surface area contributed by atoms with E-state index in [0.29, 0.717) is 17.5 Å². The number of carbonyl (C=O) groups excluding carboxylic acids is 2. The number of aromatic nitrogens is 3. The van der Waals surface area contributed by atoms with Gasteiger partial charge in [0.2, 0.25) is 11.8 Å². The molecule has 0 aliphatic rings. The van der Waals surface area contributed by atoms with Crippen LogP contribution in [0, 0.1) is 6.92 Å². The van der Waals surface area contributed by atoms with E-state index in [4.69, 9.17) is 4.74 Å². The van der Waals surface area contributed by atoms with Crippen molar-refractivity contribution >= 4 is 29.3 Å². The molecule has 9 heteroatoms. The first-order valence-corrected chi connectivity index (χ1v) is 11.7. The van der Waals surface area contributed by atoms with Gasteiger partial charge in [0.15, 0.2) is 11.0 Å². The van der Waals surface area contributed by atoms with Crippen LogP contribution in [0.4, 0.5) is 5.69 Å². The fourth-order valence-corrected chi connectivity index (χ4v) is 4.08. The number of carbonyl (C=O) groups is 2. The van der Waals surface area contributed by atoms with Crippen molar-refractivity contribution in [3.05, 3.63) is 65.5 Å². The molecule has 8 nitrogen and oxygen atoms in total. The molecule has 0 spiro atoms. The van der Waals surface area contributed by atoms with Gasteiger partial charge in [-0.2, -0.15) is 0 Å². The minimum absolute atomic E-state index is 0.106. The van der Waals surface area contributed by atoms with Crippen LogP contribution in [0.15, 0.2) is 53.7 Å². The summed E-state index contributed by atoms with van der Waals surface area (Å²) >= 11 is 1.32. The number of methoxy groups -OCH3 is 1. The quantitative estimate of drug-likeness (QED) is 0.441. The van der Waals surface area contributed by atoms with E-state index >= 15 is 0 Å². The zero-order valence-electron chi connectivity index (χ0n) is 19.3. The topological polar surface area (TPSA) is 98.1 Å². The summed E-state index contributed by atoms with van der Waals surface area (Å²) in [7, 11) is 1.61. The first-order valence-electron chi connectivity index (χ1n) is 10.7. The lowest BCUT2D eigenvalue weighted by molar-refractivity contribution is -0.121. The first-order chi connectivity index (χ1) is 15.9. The molecule has 1 atom stereocenters. The van der Waals surface area contributed by atoms with Gasteiger partial charge in [0.25, 0.3) is 0 Å². The van der Waals surface area contributed by atoms with Crippen LogP contribution in [0.2, 0.25) is 0 Å². The van der Waals surface area contributed by atoms with Crippen LogP contribution in [0.3, 0.4) is 0 Å². The minimum atomic E-state index is -0.320. The number of nitrogens with one attached hydrogen (secondary N) is 2. The van der Waals surface area contributed by atoms with E-state index in [1.807, 2.05) is 73.9 Å². The van der Waals surface area contributed by atoms with Gasteiger partial charge in [0.1, 0.15) is 5.75 Å². The summed E-state index contributed by atoms with van der Waals surface area (Å²) in [6.45, 7) is 6.48. The number of hydrogen-bond donors (Lipinski definition) is 2. The van der Waals surface area contributed by atoms with Crippen molar-refractivity contribution in [2.24, 2.45) is 0 Å². The Morgan fingerprint density at radius 2 is 1.76 bits per heavy atom. The summed E-state index contributed by atoms with van der Waals surface area (Å²) in [5.41, 5.74) is 2.79. The third-order valence-corrected chi connectivity index (χ3v) is 5.98. The highest BCUT2D eigenvalue weighted by Gasteiger charge is 2.20. The molecule has 0 radical (unpaired) electrons. The molecule has 0 unspecified atom stereocenters. The van der Waals surface area contributed by atoms with Gasteiger partial charge in [-0.15, -0.1) is 10.2 Å². The van der Waals surface area contributed by atoms with Crippen molar-refractivity contribution in [2.75, 3.05) is 18.2 Å². The van der Waals surface area contributed by atoms with Crippen molar-refractivity contribution in [1.82, 2.24) is 20.1 Å². The van der Waals surface area contributed by atoms with Gasteiger partial charge in [-0.3, -0.25) is 9.59 Å². The zero-order chi connectivity index (χ0) is 23.8. The van der Waals surface area contributed by atoms with E-state index in [1.54, 1.807) is 7.11 Å². The van der Waals surface area contributed by atoms with Crippen molar-refractivity contribution in [3.8, 4) is 5.75 Å². The Hall–Kier alpha value is -3.33. The molecule has 1 aromatic heterocycles. The van der Waals surface area contributed by atoms with Crippen molar-refractivity contribution in [1.29, 1.82) is 0 Å². The molecule has 174 valence electrons. The lowest BCUT2D eigenvalue weighted by Crippen LogP contribution is -2.30. The van der Waals surface area contributed by atoms with E-state index in [-0.39, 0.29) is 30.0 Å². The second kappa shape index (κ2) is 11.5. The summed E-state index contributed by atoms with van der Waals surface area (Å²) in [6.07, 6.45) is 0.259. The van der Waals surface area contributed by atoms with Gasteiger partial charge in [0, 0.05) is 12.2 Å². The predicted octanol–water partition coefficient (Wildman–Crippen LogP) is 3.77. The molecular formula is C24H29N5O3S. The average molecular weight is 468 g/mol. The fourth-order valence-electron chi connectivity index (χ4n) is 3.27. The summed E-state index contributed by atoms with van der Waals surface area (Å²) in [6, 6.07) is 14.7. The Morgan fingerprint density at radius 1 is 1.06 bits per heavy atom. The summed E-state index contributed by atoms with van der Waals surface area (Å²) in [5.74, 6) is 1.40. The molecule has 2 N–H and O–H groups in total. The summed E-state index contributed by atoms with van der Waals surface area (Å²) in [5, 5.41) is 15.0. The van der Waals surface area contributed by atoms with Gasteiger partial charge < -0.3 is 19.9 Å². The van der Waals surface area contributed by atoms with E-state index < -0.39 is 0 Å². The van der Waals surface area contributed by atoms with Crippen LogP contribution in [0.5, 0.6) is 5.75 Å². The Bertz CT molecular complexity index is 1080. The molecule has 0 aliphatic heterocycles. The highest BCUT2D eigenvalue weighted by atomic mass is 32.2. The number of benzene rings is 2. The third kappa shape index (κ3) is 6.82. The maximum Gasteiger partial charge on any atom is 0.234 e. The molecule has 3 rings (SSSR count). The van der Waals surface area contributed by atoms with Gasteiger partial charge in [-0.05, 0) is 50.6 Å². The molecule has 2 aromatic carbocycles. The van der Waals surface area contributed by atoms with Crippen molar-refractivity contribution in [3.63, 3.8) is 0 Å². The van der Waals surface area contributed by atoms with Crippen LogP contribution in [0.25, 0.3) is 0 Å². The SMILES string of the molecule is CCn1c(SCC(=O)Nc2ccc(C)cc2)nnc1[C@H](C)NC(=O)Cc1ccc(OC)cc1. The van der Waals surface area contributed by atoms with Crippen LogP contribution in [0.1, 0.15) is 36.8 Å². The molecule has 33 heavy (non-hydrogen) atoms. The Labute approximate surface area is 198 Å². The van der Waals surface area contributed by atoms with Crippen LogP contribution in [-0.2, 0) is 22.6 Å². The Kier molecular flexibility index (Phi) is 8.48. The molecule has 0 saturated heterocycles. The fraction of sp³-hybridized carbons (Fsp3) is 0.333. The average Bonchev–Trinajstić information content (AvgIpc) is 3.23. The van der Waals surface area contributed by atoms with Crippen LogP contribution in [-0.4, -0.2) is 39.4 Å². The Morgan fingerprint density at radius 3 is 2.39 bits per heavy atom. The van der Waals surface area contributed by atoms with Gasteiger partial charge in [0.05, 0.1) is 25.3 Å². The van der Waals surface area contributed by atoms with Crippen LogP contribution < -0.4 is 15.4 Å². The van der Waals surface area contributed by atoms with E-state index in [0.717, 1.165) is 22.6 Å². The summed E-state index contributed by atoms with van der Waals surface area (Å²) < 4.78 is 7.07. The highest BCUT2D eigenvalue weighted by molar-refractivity contribution is 7.99. The zero-order valence-corrected chi connectivity index (χ0v) is 20.1. The number of ether oxygens (including phenoxy) is 1. The predicted molar refractivity (Wildman–Crippen MR) is 129 cm³/mol. The van der Waals surface area contributed by atoms with E-state index in [9.17, 15) is 9.59 Å². The largest absolute Gasteiger partial charge is 0.497 e.